The summed E-state index contributed by atoms with van der Waals surface area (Å²) in [5.74, 6) is 0.222. The minimum Gasteiger partial charge on any atom is -0.294 e. The molecule has 2 rings (SSSR count). The molecule has 0 spiro atoms. The highest BCUT2D eigenvalue weighted by molar-refractivity contribution is 5.95. The Hall–Kier alpha value is -1.96. The van der Waals surface area contributed by atoms with Crippen molar-refractivity contribution in [1.29, 1.82) is 0 Å². The smallest absolute Gasteiger partial charge is 0.162 e. The second-order valence-corrected chi connectivity index (χ2v) is 4.00. The van der Waals surface area contributed by atoms with Gasteiger partial charge in [0.15, 0.2) is 5.78 Å². The normalized spacial score (nSPS) is 10.1. The van der Waals surface area contributed by atoms with Crippen LogP contribution in [0.1, 0.15) is 28.8 Å². The van der Waals surface area contributed by atoms with Gasteiger partial charge in [0, 0.05) is 24.4 Å². The van der Waals surface area contributed by atoms with Gasteiger partial charge in [0.1, 0.15) is 0 Å². The van der Waals surface area contributed by atoms with E-state index < -0.39 is 0 Å². The molecule has 0 N–H and O–H groups in total. The first-order chi connectivity index (χ1) is 8.36. The van der Waals surface area contributed by atoms with Crippen LogP contribution in [0.2, 0.25) is 0 Å². The number of hydrogen-bond donors (Lipinski definition) is 0. The molecule has 1 heterocycles. The average Bonchev–Trinajstić information content (AvgIpc) is 2.41. The zero-order valence-electron chi connectivity index (χ0n) is 9.67. The van der Waals surface area contributed by atoms with Crippen molar-refractivity contribution in [3.05, 3.63) is 66.0 Å². The molecule has 0 amide bonds. The van der Waals surface area contributed by atoms with Gasteiger partial charge >= 0.3 is 0 Å². The van der Waals surface area contributed by atoms with Gasteiger partial charge in [0.25, 0.3) is 0 Å². The van der Waals surface area contributed by atoms with Gasteiger partial charge in [-0.1, -0.05) is 30.3 Å². The Morgan fingerprint density at radius 2 is 1.71 bits per heavy atom. The predicted molar refractivity (Wildman–Crippen MR) is 67.9 cm³/mol. The number of aryl methyl sites for hydroxylation is 1. The third kappa shape index (κ3) is 3.52. The van der Waals surface area contributed by atoms with E-state index in [1.165, 1.54) is 5.56 Å². The fourth-order valence-electron chi connectivity index (χ4n) is 1.77. The molecule has 0 atom stereocenters. The van der Waals surface area contributed by atoms with Crippen LogP contribution >= 0.6 is 0 Å². The van der Waals surface area contributed by atoms with Crippen molar-refractivity contribution in [1.82, 2.24) is 4.98 Å². The Kier molecular flexibility index (Phi) is 4.03. The number of nitrogens with zero attached hydrogens (tertiary/aromatic N) is 1. The van der Waals surface area contributed by atoms with E-state index in [0.29, 0.717) is 6.42 Å². The van der Waals surface area contributed by atoms with Crippen LogP contribution in [-0.4, -0.2) is 10.8 Å². The Morgan fingerprint density at radius 3 is 2.41 bits per heavy atom. The summed E-state index contributed by atoms with van der Waals surface area (Å²) in [6, 6.07) is 13.4. The van der Waals surface area contributed by atoms with Gasteiger partial charge in [-0.2, -0.15) is 0 Å². The molecule has 0 aliphatic rings. The standard InChI is InChI=1S/C15H15NO/c17-15(14-6-2-1-3-7-14)8-4-5-13-9-11-16-12-10-13/h1-3,6-7,9-12H,4-5,8H2. The summed E-state index contributed by atoms with van der Waals surface area (Å²) in [7, 11) is 0. The van der Waals surface area contributed by atoms with Crippen LogP contribution in [0.15, 0.2) is 54.9 Å². The zero-order valence-corrected chi connectivity index (χ0v) is 9.67. The SMILES string of the molecule is O=C(CCCc1ccncc1)c1ccccc1. The lowest BCUT2D eigenvalue weighted by Gasteiger charge is -2.01. The maximum Gasteiger partial charge on any atom is 0.162 e. The highest BCUT2D eigenvalue weighted by Crippen LogP contribution is 2.08. The molecule has 0 saturated carbocycles. The summed E-state index contributed by atoms with van der Waals surface area (Å²) < 4.78 is 0. The van der Waals surface area contributed by atoms with Crippen molar-refractivity contribution < 1.29 is 4.79 Å². The lowest BCUT2D eigenvalue weighted by atomic mass is 10.0. The molecule has 2 heteroatoms. The van der Waals surface area contributed by atoms with Crippen LogP contribution in [0.5, 0.6) is 0 Å². The molecule has 0 radical (unpaired) electrons. The minimum atomic E-state index is 0.222. The van der Waals surface area contributed by atoms with E-state index in [1.807, 2.05) is 42.5 Å². The number of Topliss-reactive ketones (excluding diaryl/α,β-unsaturated/α-hetero) is 1. The van der Waals surface area contributed by atoms with E-state index in [4.69, 9.17) is 0 Å². The second kappa shape index (κ2) is 5.94. The van der Waals surface area contributed by atoms with Crippen molar-refractivity contribution in [2.75, 3.05) is 0 Å². The number of aromatic nitrogens is 1. The van der Waals surface area contributed by atoms with E-state index in [-0.39, 0.29) is 5.78 Å². The number of hydrogen-bond acceptors (Lipinski definition) is 2. The van der Waals surface area contributed by atoms with Crippen LogP contribution < -0.4 is 0 Å². The summed E-state index contributed by atoms with van der Waals surface area (Å²) in [6.45, 7) is 0. The largest absolute Gasteiger partial charge is 0.294 e. The van der Waals surface area contributed by atoms with Gasteiger partial charge < -0.3 is 0 Å². The Balaban J connectivity index is 1.82. The average molecular weight is 225 g/mol. The molecule has 0 aliphatic heterocycles. The molecule has 0 bridgehead atoms. The Labute approximate surface area is 101 Å². The van der Waals surface area contributed by atoms with Crippen molar-refractivity contribution in [3.8, 4) is 0 Å². The van der Waals surface area contributed by atoms with E-state index in [0.717, 1.165) is 18.4 Å². The first-order valence-corrected chi connectivity index (χ1v) is 5.83. The van der Waals surface area contributed by atoms with Crippen molar-refractivity contribution in [2.45, 2.75) is 19.3 Å². The topological polar surface area (TPSA) is 30.0 Å². The second-order valence-electron chi connectivity index (χ2n) is 4.00. The number of benzene rings is 1. The third-order valence-corrected chi connectivity index (χ3v) is 2.71. The van der Waals surface area contributed by atoms with E-state index >= 15 is 0 Å². The van der Waals surface area contributed by atoms with Crippen LogP contribution in [0.25, 0.3) is 0 Å². The maximum absolute atomic E-state index is 11.8. The molecule has 17 heavy (non-hydrogen) atoms. The monoisotopic (exact) mass is 225 g/mol. The van der Waals surface area contributed by atoms with Crippen molar-refractivity contribution >= 4 is 5.78 Å². The zero-order chi connectivity index (χ0) is 11.9. The molecule has 0 aliphatic carbocycles. The number of carbonyl (C=O) groups excluding carboxylic acids is 1. The molecule has 0 saturated heterocycles. The van der Waals surface area contributed by atoms with E-state index in [1.54, 1.807) is 12.4 Å². The highest BCUT2D eigenvalue weighted by Gasteiger charge is 2.04. The fraction of sp³-hybridized carbons (Fsp3) is 0.200. The molecular formula is C15H15NO. The van der Waals surface area contributed by atoms with Gasteiger partial charge in [0.2, 0.25) is 0 Å². The molecule has 2 nitrogen and oxygen atoms in total. The van der Waals surface area contributed by atoms with Gasteiger partial charge in [0.05, 0.1) is 0 Å². The summed E-state index contributed by atoms with van der Waals surface area (Å²) in [5, 5.41) is 0. The maximum atomic E-state index is 11.8. The fourth-order valence-corrected chi connectivity index (χ4v) is 1.77. The van der Waals surface area contributed by atoms with Gasteiger partial charge in [-0.15, -0.1) is 0 Å². The summed E-state index contributed by atoms with van der Waals surface area (Å²) >= 11 is 0. The molecule has 0 unspecified atom stereocenters. The highest BCUT2D eigenvalue weighted by atomic mass is 16.1. The van der Waals surface area contributed by atoms with E-state index in [9.17, 15) is 4.79 Å². The molecular weight excluding hydrogens is 210 g/mol. The number of carbonyl (C=O) groups is 1. The van der Waals surface area contributed by atoms with Crippen LogP contribution in [-0.2, 0) is 6.42 Å². The minimum absolute atomic E-state index is 0.222. The van der Waals surface area contributed by atoms with Crippen LogP contribution in [0, 0.1) is 0 Å². The van der Waals surface area contributed by atoms with Crippen LogP contribution in [0.3, 0.4) is 0 Å². The Bertz CT molecular complexity index is 465. The number of rotatable bonds is 5. The van der Waals surface area contributed by atoms with Gasteiger partial charge in [-0.25, -0.2) is 0 Å². The molecule has 0 fully saturated rings. The summed E-state index contributed by atoms with van der Waals surface area (Å²) in [6.07, 6.45) is 5.99. The van der Waals surface area contributed by atoms with Gasteiger partial charge in [-0.05, 0) is 30.5 Å². The first kappa shape index (κ1) is 11.5. The van der Waals surface area contributed by atoms with Gasteiger partial charge in [-0.3, -0.25) is 9.78 Å². The molecule has 1 aromatic heterocycles. The lowest BCUT2D eigenvalue weighted by Crippen LogP contribution is -1.99. The first-order valence-electron chi connectivity index (χ1n) is 5.83. The van der Waals surface area contributed by atoms with Crippen molar-refractivity contribution in [2.24, 2.45) is 0 Å². The van der Waals surface area contributed by atoms with Crippen molar-refractivity contribution in [3.63, 3.8) is 0 Å². The number of pyridine rings is 1. The number of ketones is 1. The summed E-state index contributed by atoms with van der Waals surface area (Å²) in [4.78, 5) is 15.8. The molecule has 1 aromatic carbocycles. The molecule has 2 aromatic rings. The lowest BCUT2D eigenvalue weighted by molar-refractivity contribution is 0.0980. The summed E-state index contributed by atoms with van der Waals surface area (Å²) in [5.41, 5.74) is 2.04. The molecule has 86 valence electrons. The van der Waals surface area contributed by atoms with E-state index in [2.05, 4.69) is 4.98 Å². The third-order valence-electron chi connectivity index (χ3n) is 2.71. The predicted octanol–water partition coefficient (Wildman–Crippen LogP) is 3.29. The quantitative estimate of drug-likeness (QED) is 0.731. The Morgan fingerprint density at radius 1 is 1.00 bits per heavy atom. The van der Waals surface area contributed by atoms with Crippen LogP contribution in [0.4, 0.5) is 0 Å².